The fourth-order valence-corrected chi connectivity index (χ4v) is 2.96. The molecule has 0 spiro atoms. The Balaban J connectivity index is 0.00000161. The van der Waals surface area contributed by atoms with Crippen LogP contribution in [0, 0.1) is 11.7 Å². The molecule has 0 bridgehead atoms. The largest absolute Gasteiger partial charge is 0.316 e. The molecule has 2 heterocycles. The smallest absolute Gasteiger partial charge is 0.245 e. The third-order valence-corrected chi connectivity index (χ3v) is 4.19. The van der Waals surface area contributed by atoms with Gasteiger partial charge in [0, 0.05) is 31.2 Å². The number of likely N-dealkylation sites (N-methyl/N-ethyl adjacent to an activating group) is 1. The predicted molar refractivity (Wildman–Crippen MR) is 81.9 cm³/mol. The number of nitrogens with one attached hydrogen (secondary N) is 3. The summed E-state index contributed by atoms with van der Waals surface area (Å²) in [6.07, 6.45) is 1.02. The summed E-state index contributed by atoms with van der Waals surface area (Å²) in [4.78, 5) is 14.2. The van der Waals surface area contributed by atoms with Crippen LogP contribution in [-0.4, -0.2) is 38.1 Å². The lowest BCUT2D eigenvalue weighted by Gasteiger charge is -2.29. The molecule has 1 aromatic carbocycles. The zero-order valence-electron chi connectivity index (χ0n) is 11.8. The van der Waals surface area contributed by atoms with Gasteiger partial charge in [-0.15, -0.1) is 12.4 Å². The lowest BCUT2D eigenvalue weighted by molar-refractivity contribution is -0.121. The van der Waals surface area contributed by atoms with Crippen molar-refractivity contribution in [2.45, 2.75) is 18.5 Å². The lowest BCUT2D eigenvalue weighted by atomic mass is 9.89. The van der Waals surface area contributed by atoms with Crippen molar-refractivity contribution < 1.29 is 9.18 Å². The average Bonchev–Trinajstić information content (AvgIpc) is 2.90. The number of rotatable bonds is 2. The molecule has 0 aromatic heterocycles. The minimum absolute atomic E-state index is 0. The molecule has 21 heavy (non-hydrogen) atoms. The molecule has 7 heteroatoms. The number of anilines is 1. The molecule has 2 aliphatic heterocycles. The van der Waals surface area contributed by atoms with Gasteiger partial charge < -0.3 is 10.2 Å². The fourth-order valence-electron chi connectivity index (χ4n) is 2.96. The zero-order valence-corrected chi connectivity index (χ0v) is 12.6. The van der Waals surface area contributed by atoms with Gasteiger partial charge in [0.2, 0.25) is 5.91 Å². The summed E-state index contributed by atoms with van der Waals surface area (Å²) < 4.78 is 12.9. The number of amides is 1. The number of carbonyl (C=O) groups is 1. The first kappa shape index (κ1) is 16.2. The van der Waals surface area contributed by atoms with Crippen molar-refractivity contribution >= 4 is 24.0 Å². The molecule has 1 amide bonds. The van der Waals surface area contributed by atoms with Crippen LogP contribution in [0.3, 0.4) is 0 Å². The van der Waals surface area contributed by atoms with Crippen LogP contribution in [0.5, 0.6) is 0 Å². The van der Waals surface area contributed by atoms with Crippen LogP contribution in [0.25, 0.3) is 0 Å². The average molecular weight is 315 g/mol. The van der Waals surface area contributed by atoms with Gasteiger partial charge in [-0.1, -0.05) is 0 Å². The molecule has 1 aromatic rings. The summed E-state index contributed by atoms with van der Waals surface area (Å²) in [6.45, 7) is 1.81. The van der Waals surface area contributed by atoms with Crippen molar-refractivity contribution in [1.82, 2.24) is 16.2 Å². The summed E-state index contributed by atoms with van der Waals surface area (Å²) >= 11 is 0. The number of hydrazine groups is 1. The van der Waals surface area contributed by atoms with Gasteiger partial charge in [-0.05, 0) is 37.2 Å². The highest BCUT2D eigenvalue weighted by Gasteiger charge is 2.42. The van der Waals surface area contributed by atoms with Crippen LogP contribution in [0.2, 0.25) is 0 Å². The van der Waals surface area contributed by atoms with E-state index in [9.17, 15) is 9.18 Å². The van der Waals surface area contributed by atoms with E-state index in [1.165, 1.54) is 12.1 Å². The number of hydrogen-bond donors (Lipinski definition) is 3. The SMILES string of the molecule is CN(C(=O)C1NNC2CCNCC21)c1ccc(F)cc1.Cl. The van der Waals surface area contributed by atoms with E-state index in [1.54, 1.807) is 24.1 Å². The molecule has 3 rings (SSSR count). The lowest BCUT2D eigenvalue weighted by Crippen LogP contribution is -2.49. The molecule has 2 saturated heterocycles. The number of piperidine rings is 1. The number of benzene rings is 1. The second kappa shape index (κ2) is 6.70. The molecule has 3 atom stereocenters. The standard InChI is InChI=1S/C14H19FN4O.ClH/c1-19(10-4-2-9(15)3-5-10)14(20)13-11-8-16-7-6-12(11)17-18-13;/h2-5,11-13,16-18H,6-8H2,1H3;1H. The summed E-state index contributed by atoms with van der Waals surface area (Å²) in [6, 6.07) is 6.06. The number of fused-ring (bicyclic) bond motifs is 1. The van der Waals surface area contributed by atoms with Crippen LogP contribution < -0.4 is 21.1 Å². The number of carbonyl (C=O) groups excluding carboxylic acids is 1. The molecule has 2 fully saturated rings. The maximum Gasteiger partial charge on any atom is 0.245 e. The van der Waals surface area contributed by atoms with Gasteiger partial charge in [-0.2, -0.15) is 0 Å². The van der Waals surface area contributed by atoms with Crippen LogP contribution in [-0.2, 0) is 4.79 Å². The molecule has 0 radical (unpaired) electrons. The highest BCUT2D eigenvalue weighted by molar-refractivity contribution is 5.97. The van der Waals surface area contributed by atoms with Gasteiger partial charge in [0.25, 0.3) is 0 Å². The first-order valence-corrected chi connectivity index (χ1v) is 6.92. The Bertz CT molecular complexity index is 498. The quantitative estimate of drug-likeness (QED) is 0.751. The summed E-state index contributed by atoms with van der Waals surface area (Å²) in [7, 11) is 1.72. The van der Waals surface area contributed by atoms with Crippen LogP contribution in [0.4, 0.5) is 10.1 Å². The Hall–Kier alpha value is -1.21. The van der Waals surface area contributed by atoms with E-state index in [1.807, 2.05) is 0 Å². The van der Waals surface area contributed by atoms with Crippen molar-refractivity contribution in [2.24, 2.45) is 5.92 Å². The van der Waals surface area contributed by atoms with E-state index < -0.39 is 0 Å². The Morgan fingerprint density at radius 1 is 1.29 bits per heavy atom. The highest BCUT2D eigenvalue weighted by atomic mass is 35.5. The molecule has 116 valence electrons. The number of halogens is 2. The fraction of sp³-hybridized carbons (Fsp3) is 0.500. The minimum Gasteiger partial charge on any atom is -0.316 e. The summed E-state index contributed by atoms with van der Waals surface area (Å²) in [5, 5.41) is 3.33. The molecule has 2 aliphatic rings. The number of hydrogen-bond acceptors (Lipinski definition) is 4. The van der Waals surface area contributed by atoms with E-state index in [0.29, 0.717) is 11.7 Å². The van der Waals surface area contributed by atoms with Crippen LogP contribution >= 0.6 is 12.4 Å². The van der Waals surface area contributed by atoms with Crippen molar-refractivity contribution in [3.63, 3.8) is 0 Å². The topological polar surface area (TPSA) is 56.4 Å². The molecule has 5 nitrogen and oxygen atoms in total. The molecular weight excluding hydrogens is 295 g/mol. The van der Waals surface area contributed by atoms with Crippen molar-refractivity contribution in [3.05, 3.63) is 30.1 Å². The Morgan fingerprint density at radius 2 is 2.00 bits per heavy atom. The van der Waals surface area contributed by atoms with E-state index in [0.717, 1.165) is 19.5 Å². The van der Waals surface area contributed by atoms with E-state index in [2.05, 4.69) is 16.2 Å². The normalized spacial score (nSPS) is 27.6. The molecule has 0 aliphatic carbocycles. The van der Waals surface area contributed by atoms with Crippen LogP contribution in [0.1, 0.15) is 6.42 Å². The van der Waals surface area contributed by atoms with E-state index in [-0.39, 0.29) is 36.1 Å². The first-order valence-electron chi connectivity index (χ1n) is 6.92. The Labute approximate surface area is 129 Å². The molecule has 0 saturated carbocycles. The predicted octanol–water partition coefficient (Wildman–Crippen LogP) is 0.665. The summed E-state index contributed by atoms with van der Waals surface area (Å²) in [5.74, 6) is -0.0498. The molecular formula is C14H20ClFN4O. The second-order valence-corrected chi connectivity index (χ2v) is 5.40. The van der Waals surface area contributed by atoms with E-state index >= 15 is 0 Å². The van der Waals surface area contributed by atoms with Gasteiger partial charge in [-0.25, -0.2) is 9.82 Å². The van der Waals surface area contributed by atoms with Gasteiger partial charge in [0.05, 0.1) is 0 Å². The highest BCUT2D eigenvalue weighted by Crippen LogP contribution is 2.23. The zero-order chi connectivity index (χ0) is 14.1. The van der Waals surface area contributed by atoms with Gasteiger partial charge in [-0.3, -0.25) is 10.2 Å². The minimum atomic E-state index is -0.299. The third kappa shape index (κ3) is 3.18. The Morgan fingerprint density at radius 3 is 2.71 bits per heavy atom. The third-order valence-electron chi connectivity index (χ3n) is 4.19. The van der Waals surface area contributed by atoms with Gasteiger partial charge in [0.15, 0.2) is 0 Å². The summed E-state index contributed by atoms with van der Waals surface area (Å²) in [5.41, 5.74) is 7.01. The van der Waals surface area contributed by atoms with E-state index in [4.69, 9.17) is 0 Å². The molecule has 3 N–H and O–H groups in total. The van der Waals surface area contributed by atoms with Crippen molar-refractivity contribution in [3.8, 4) is 0 Å². The van der Waals surface area contributed by atoms with Crippen molar-refractivity contribution in [1.29, 1.82) is 0 Å². The van der Waals surface area contributed by atoms with Gasteiger partial charge in [0.1, 0.15) is 11.9 Å². The van der Waals surface area contributed by atoms with Crippen molar-refractivity contribution in [2.75, 3.05) is 25.0 Å². The first-order chi connectivity index (χ1) is 9.66. The van der Waals surface area contributed by atoms with Crippen LogP contribution in [0.15, 0.2) is 24.3 Å². The molecule has 3 unspecified atom stereocenters. The second-order valence-electron chi connectivity index (χ2n) is 5.40. The van der Waals surface area contributed by atoms with Gasteiger partial charge >= 0.3 is 0 Å². The Kier molecular flexibility index (Phi) is 5.16. The maximum atomic E-state index is 12.9. The monoisotopic (exact) mass is 314 g/mol. The number of nitrogens with zero attached hydrogens (tertiary/aromatic N) is 1. The maximum absolute atomic E-state index is 12.9.